The quantitative estimate of drug-likeness (QED) is 0.634. The number of ether oxygens (including phenoxy) is 2. The van der Waals surface area contributed by atoms with Crippen LogP contribution in [0.1, 0.15) is 33.1 Å². The lowest BCUT2D eigenvalue weighted by molar-refractivity contribution is 0.0152. The standard InChI is InChI=1S/C11H23NO2/c1-3-5-10-8-11(9-12-10)14-7-6-13-4-2/h10-12H,3-9H2,1-2H3. The molecule has 1 saturated heterocycles. The minimum Gasteiger partial charge on any atom is -0.379 e. The highest BCUT2D eigenvalue weighted by molar-refractivity contribution is 4.81. The van der Waals surface area contributed by atoms with Gasteiger partial charge in [0.2, 0.25) is 0 Å². The maximum atomic E-state index is 5.69. The van der Waals surface area contributed by atoms with Gasteiger partial charge in [-0.3, -0.25) is 0 Å². The van der Waals surface area contributed by atoms with Crippen molar-refractivity contribution in [3.63, 3.8) is 0 Å². The number of nitrogens with one attached hydrogen (secondary N) is 1. The highest BCUT2D eigenvalue weighted by Gasteiger charge is 2.23. The van der Waals surface area contributed by atoms with E-state index >= 15 is 0 Å². The lowest BCUT2D eigenvalue weighted by Gasteiger charge is -2.11. The molecule has 0 amide bonds. The van der Waals surface area contributed by atoms with E-state index in [0.717, 1.165) is 26.4 Å². The molecule has 0 radical (unpaired) electrons. The van der Waals surface area contributed by atoms with Crippen molar-refractivity contribution >= 4 is 0 Å². The first-order valence-electron chi connectivity index (χ1n) is 5.79. The van der Waals surface area contributed by atoms with Crippen molar-refractivity contribution in [3.05, 3.63) is 0 Å². The molecule has 1 rings (SSSR count). The molecular weight excluding hydrogens is 178 g/mol. The van der Waals surface area contributed by atoms with E-state index in [2.05, 4.69) is 12.2 Å². The minimum absolute atomic E-state index is 0.409. The Kier molecular flexibility index (Phi) is 6.15. The van der Waals surface area contributed by atoms with Crippen molar-refractivity contribution in [2.75, 3.05) is 26.4 Å². The van der Waals surface area contributed by atoms with E-state index in [9.17, 15) is 0 Å². The van der Waals surface area contributed by atoms with Gasteiger partial charge in [-0.2, -0.15) is 0 Å². The third-order valence-corrected chi connectivity index (χ3v) is 2.60. The fourth-order valence-corrected chi connectivity index (χ4v) is 1.90. The minimum atomic E-state index is 0.409. The van der Waals surface area contributed by atoms with Gasteiger partial charge in [-0.1, -0.05) is 13.3 Å². The number of hydrogen-bond acceptors (Lipinski definition) is 3. The van der Waals surface area contributed by atoms with E-state index in [1.165, 1.54) is 19.3 Å². The van der Waals surface area contributed by atoms with Gasteiger partial charge < -0.3 is 14.8 Å². The summed E-state index contributed by atoms with van der Waals surface area (Å²) in [6.07, 6.45) is 4.10. The van der Waals surface area contributed by atoms with Crippen LogP contribution in [0.5, 0.6) is 0 Å². The molecule has 1 N–H and O–H groups in total. The maximum Gasteiger partial charge on any atom is 0.0715 e. The largest absolute Gasteiger partial charge is 0.379 e. The van der Waals surface area contributed by atoms with Gasteiger partial charge in [-0.05, 0) is 19.8 Å². The second kappa shape index (κ2) is 7.21. The summed E-state index contributed by atoms with van der Waals surface area (Å²) in [4.78, 5) is 0. The van der Waals surface area contributed by atoms with Gasteiger partial charge in [0, 0.05) is 19.2 Å². The Labute approximate surface area is 87.2 Å². The van der Waals surface area contributed by atoms with Crippen LogP contribution in [0.4, 0.5) is 0 Å². The zero-order valence-corrected chi connectivity index (χ0v) is 9.42. The van der Waals surface area contributed by atoms with Gasteiger partial charge in [-0.25, -0.2) is 0 Å². The molecule has 3 nitrogen and oxygen atoms in total. The molecule has 0 aromatic carbocycles. The summed E-state index contributed by atoms with van der Waals surface area (Å²) in [5.74, 6) is 0. The van der Waals surface area contributed by atoms with Crippen molar-refractivity contribution in [3.8, 4) is 0 Å². The molecule has 1 aliphatic heterocycles. The van der Waals surface area contributed by atoms with Crippen LogP contribution in [0, 0.1) is 0 Å². The summed E-state index contributed by atoms with van der Waals surface area (Å²) in [6.45, 7) is 7.49. The molecule has 0 spiro atoms. The smallest absolute Gasteiger partial charge is 0.0715 e. The first-order valence-corrected chi connectivity index (χ1v) is 5.79. The van der Waals surface area contributed by atoms with Crippen LogP contribution < -0.4 is 5.32 Å². The Bertz CT molecular complexity index is 141. The summed E-state index contributed by atoms with van der Waals surface area (Å²) in [6, 6.07) is 0.678. The number of rotatable bonds is 7. The Morgan fingerprint density at radius 2 is 2.14 bits per heavy atom. The number of hydrogen-bond donors (Lipinski definition) is 1. The summed E-state index contributed by atoms with van der Waals surface area (Å²) in [5.41, 5.74) is 0. The Balaban J connectivity index is 1.98. The van der Waals surface area contributed by atoms with Crippen LogP contribution in [0.25, 0.3) is 0 Å². The van der Waals surface area contributed by atoms with Crippen LogP contribution >= 0.6 is 0 Å². The second-order valence-electron chi connectivity index (χ2n) is 3.82. The average Bonchev–Trinajstić information content (AvgIpc) is 2.61. The fourth-order valence-electron chi connectivity index (χ4n) is 1.90. The van der Waals surface area contributed by atoms with Crippen molar-refractivity contribution in [2.24, 2.45) is 0 Å². The molecule has 0 aromatic rings. The third-order valence-electron chi connectivity index (χ3n) is 2.60. The van der Waals surface area contributed by atoms with Crippen LogP contribution in [0.15, 0.2) is 0 Å². The normalized spacial score (nSPS) is 27.0. The van der Waals surface area contributed by atoms with Gasteiger partial charge in [0.05, 0.1) is 19.3 Å². The summed E-state index contributed by atoms with van der Waals surface area (Å²) in [7, 11) is 0. The third kappa shape index (κ3) is 4.40. The highest BCUT2D eigenvalue weighted by atomic mass is 16.5. The van der Waals surface area contributed by atoms with Gasteiger partial charge in [0.25, 0.3) is 0 Å². The van der Waals surface area contributed by atoms with Crippen LogP contribution in [-0.4, -0.2) is 38.5 Å². The maximum absolute atomic E-state index is 5.69. The van der Waals surface area contributed by atoms with Gasteiger partial charge in [0.15, 0.2) is 0 Å². The van der Waals surface area contributed by atoms with Crippen molar-refractivity contribution in [2.45, 2.75) is 45.3 Å². The summed E-state index contributed by atoms with van der Waals surface area (Å²) in [5, 5.41) is 3.48. The van der Waals surface area contributed by atoms with Crippen LogP contribution in [-0.2, 0) is 9.47 Å². The van der Waals surface area contributed by atoms with Crippen molar-refractivity contribution in [1.82, 2.24) is 5.32 Å². The zero-order chi connectivity index (χ0) is 10.2. The second-order valence-corrected chi connectivity index (χ2v) is 3.82. The van der Waals surface area contributed by atoms with Gasteiger partial charge in [-0.15, -0.1) is 0 Å². The molecule has 14 heavy (non-hydrogen) atoms. The van der Waals surface area contributed by atoms with Crippen molar-refractivity contribution < 1.29 is 9.47 Å². The van der Waals surface area contributed by atoms with Gasteiger partial charge >= 0.3 is 0 Å². The van der Waals surface area contributed by atoms with E-state index in [1.807, 2.05) is 6.92 Å². The van der Waals surface area contributed by atoms with Crippen LogP contribution in [0.3, 0.4) is 0 Å². The first-order chi connectivity index (χ1) is 6.86. The fraction of sp³-hybridized carbons (Fsp3) is 1.00. The van der Waals surface area contributed by atoms with Crippen molar-refractivity contribution in [1.29, 1.82) is 0 Å². The monoisotopic (exact) mass is 201 g/mol. The molecule has 1 heterocycles. The Morgan fingerprint density at radius 1 is 1.29 bits per heavy atom. The van der Waals surface area contributed by atoms with E-state index in [0.29, 0.717) is 12.1 Å². The van der Waals surface area contributed by atoms with E-state index in [1.54, 1.807) is 0 Å². The lowest BCUT2D eigenvalue weighted by atomic mass is 10.1. The molecule has 1 fully saturated rings. The predicted octanol–water partition coefficient (Wildman–Crippen LogP) is 1.57. The molecule has 0 aliphatic carbocycles. The van der Waals surface area contributed by atoms with E-state index in [4.69, 9.17) is 9.47 Å². The molecule has 0 bridgehead atoms. The van der Waals surface area contributed by atoms with E-state index < -0.39 is 0 Å². The highest BCUT2D eigenvalue weighted by Crippen LogP contribution is 2.14. The SMILES string of the molecule is CCCC1CC(OCCOCC)CN1. The van der Waals surface area contributed by atoms with Crippen LogP contribution in [0.2, 0.25) is 0 Å². The molecule has 0 saturated carbocycles. The molecular formula is C11H23NO2. The molecule has 1 aliphatic rings. The summed E-state index contributed by atoms with van der Waals surface area (Å²) < 4.78 is 10.9. The molecule has 0 aromatic heterocycles. The van der Waals surface area contributed by atoms with E-state index in [-0.39, 0.29) is 0 Å². The molecule has 2 atom stereocenters. The molecule has 3 heteroatoms. The Morgan fingerprint density at radius 3 is 2.86 bits per heavy atom. The average molecular weight is 201 g/mol. The predicted molar refractivity (Wildman–Crippen MR) is 57.5 cm³/mol. The molecule has 84 valence electrons. The topological polar surface area (TPSA) is 30.5 Å². The first kappa shape index (κ1) is 12.0. The molecule has 2 unspecified atom stereocenters. The zero-order valence-electron chi connectivity index (χ0n) is 9.42. The Hall–Kier alpha value is -0.120. The van der Waals surface area contributed by atoms with Gasteiger partial charge in [0.1, 0.15) is 0 Å². The summed E-state index contributed by atoms with van der Waals surface area (Å²) >= 11 is 0. The lowest BCUT2D eigenvalue weighted by Crippen LogP contribution is -2.21.